The Morgan fingerprint density at radius 3 is 2.46 bits per heavy atom. The summed E-state index contributed by atoms with van der Waals surface area (Å²) in [4.78, 5) is 27.7. The highest BCUT2D eigenvalue weighted by molar-refractivity contribution is 6.46. The first-order chi connectivity index (χ1) is 16.9. The fourth-order valence-electron chi connectivity index (χ4n) is 3.99. The summed E-state index contributed by atoms with van der Waals surface area (Å²) in [7, 11) is 0. The van der Waals surface area contributed by atoms with Crippen molar-refractivity contribution in [3.63, 3.8) is 0 Å². The molecule has 7 heteroatoms. The molecule has 0 spiro atoms. The van der Waals surface area contributed by atoms with E-state index >= 15 is 0 Å². The molecule has 1 atom stereocenters. The number of ether oxygens (including phenoxy) is 2. The van der Waals surface area contributed by atoms with Crippen LogP contribution >= 0.6 is 0 Å². The predicted molar refractivity (Wildman–Crippen MR) is 131 cm³/mol. The van der Waals surface area contributed by atoms with E-state index in [1.807, 2.05) is 45.0 Å². The van der Waals surface area contributed by atoms with Gasteiger partial charge in [0.15, 0.2) is 0 Å². The van der Waals surface area contributed by atoms with Gasteiger partial charge in [-0.2, -0.15) is 0 Å². The Kier molecular flexibility index (Phi) is 7.25. The van der Waals surface area contributed by atoms with Crippen LogP contribution in [-0.2, 0) is 16.1 Å². The molecule has 0 radical (unpaired) electrons. The lowest BCUT2D eigenvalue weighted by Crippen LogP contribution is -2.29. The Hall–Kier alpha value is -4.00. The first kappa shape index (κ1) is 24.1. The van der Waals surface area contributed by atoms with Crippen LogP contribution < -0.4 is 9.47 Å². The van der Waals surface area contributed by atoms with E-state index in [0.717, 1.165) is 11.3 Å². The Balaban J connectivity index is 1.71. The summed E-state index contributed by atoms with van der Waals surface area (Å²) < 4.78 is 16.9. The number of furan rings is 1. The van der Waals surface area contributed by atoms with Gasteiger partial charge in [0.1, 0.15) is 29.1 Å². The van der Waals surface area contributed by atoms with Gasteiger partial charge < -0.3 is 23.9 Å². The van der Waals surface area contributed by atoms with Gasteiger partial charge in [-0.25, -0.2) is 0 Å². The standard InChI is InChI=1S/C28H29NO6/c1-4-33-21-12-10-19(11-13-21)16-29-25(23-9-6-14-34-23)24(27(31)28(29)32)26(30)20-7-5-8-22(15-20)35-17-18(2)3/h5-15,18,25,30H,4,16-17H2,1-3H3/b26-24-. The first-order valence-corrected chi connectivity index (χ1v) is 11.7. The van der Waals surface area contributed by atoms with Crippen LogP contribution in [0.4, 0.5) is 0 Å². The smallest absolute Gasteiger partial charge is 0.296 e. The second-order valence-electron chi connectivity index (χ2n) is 8.75. The lowest BCUT2D eigenvalue weighted by molar-refractivity contribution is -0.140. The van der Waals surface area contributed by atoms with Crippen molar-refractivity contribution in [1.82, 2.24) is 4.90 Å². The van der Waals surface area contributed by atoms with Gasteiger partial charge in [-0.05, 0) is 54.8 Å². The number of amides is 1. The van der Waals surface area contributed by atoms with Crippen LogP contribution in [0.25, 0.3) is 5.76 Å². The molecule has 2 heterocycles. The normalized spacial score (nSPS) is 17.3. The second-order valence-corrected chi connectivity index (χ2v) is 8.75. The van der Waals surface area contributed by atoms with E-state index in [-0.39, 0.29) is 17.9 Å². The number of benzene rings is 2. The minimum atomic E-state index is -0.864. The summed E-state index contributed by atoms with van der Waals surface area (Å²) in [5.74, 6) is 0.288. The number of hydrogen-bond acceptors (Lipinski definition) is 6. The maximum Gasteiger partial charge on any atom is 0.296 e. The molecule has 0 saturated carbocycles. The van der Waals surface area contributed by atoms with Crippen molar-refractivity contribution in [3.8, 4) is 11.5 Å². The lowest BCUT2D eigenvalue weighted by atomic mass is 9.99. The SMILES string of the molecule is CCOc1ccc(CN2C(=O)C(=O)/C(=C(\O)c3cccc(OCC(C)C)c3)C2c2ccco2)cc1. The second kappa shape index (κ2) is 10.5. The summed E-state index contributed by atoms with van der Waals surface area (Å²) in [6.07, 6.45) is 1.48. The molecule has 1 saturated heterocycles. The summed E-state index contributed by atoms with van der Waals surface area (Å²) in [6, 6.07) is 16.7. The van der Waals surface area contributed by atoms with Gasteiger partial charge in [0.25, 0.3) is 11.7 Å². The van der Waals surface area contributed by atoms with Crippen LogP contribution in [0, 0.1) is 5.92 Å². The van der Waals surface area contributed by atoms with Crippen molar-refractivity contribution in [1.29, 1.82) is 0 Å². The molecule has 3 aromatic rings. The lowest BCUT2D eigenvalue weighted by Gasteiger charge is -2.23. The minimum Gasteiger partial charge on any atom is -0.507 e. The van der Waals surface area contributed by atoms with Crippen LogP contribution in [0.5, 0.6) is 11.5 Å². The van der Waals surface area contributed by atoms with Crippen LogP contribution in [0.2, 0.25) is 0 Å². The zero-order valence-corrected chi connectivity index (χ0v) is 20.1. The van der Waals surface area contributed by atoms with Gasteiger partial charge in [-0.1, -0.05) is 38.1 Å². The molecular weight excluding hydrogens is 446 g/mol. The van der Waals surface area contributed by atoms with E-state index in [1.165, 1.54) is 11.2 Å². The maximum absolute atomic E-state index is 13.2. The Bertz CT molecular complexity index is 1210. The number of likely N-dealkylation sites (tertiary alicyclic amines) is 1. The first-order valence-electron chi connectivity index (χ1n) is 11.7. The highest BCUT2D eigenvalue weighted by Gasteiger charge is 2.47. The van der Waals surface area contributed by atoms with Crippen molar-refractivity contribution in [2.45, 2.75) is 33.4 Å². The third-order valence-corrected chi connectivity index (χ3v) is 5.63. The van der Waals surface area contributed by atoms with Crippen molar-refractivity contribution >= 4 is 17.4 Å². The molecule has 1 fully saturated rings. The zero-order valence-electron chi connectivity index (χ0n) is 20.1. The molecule has 35 heavy (non-hydrogen) atoms. The Morgan fingerprint density at radius 1 is 1.03 bits per heavy atom. The molecular formula is C28H29NO6. The fraction of sp³-hybridized carbons (Fsp3) is 0.286. The van der Waals surface area contributed by atoms with Crippen LogP contribution in [0.1, 0.15) is 43.7 Å². The molecule has 4 rings (SSSR count). The summed E-state index contributed by atoms with van der Waals surface area (Å²) in [5, 5.41) is 11.2. The molecule has 7 nitrogen and oxygen atoms in total. The van der Waals surface area contributed by atoms with Crippen LogP contribution in [-0.4, -0.2) is 34.9 Å². The number of carbonyl (C=O) groups is 2. The number of ketones is 1. The molecule has 1 aliphatic heterocycles. The molecule has 1 amide bonds. The number of aliphatic hydroxyl groups is 1. The largest absolute Gasteiger partial charge is 0.507 e. The number of rotatable bonds is 9. The van der Waals surface area contributed by atoms with Gasteiger partial charge in [0.2, 0.25) is 0 Å². The molecule has 1 unspecified atom stereocenters. The van der Waals surface area contributed by atoms with Gasteiger partial charge in [0, 0.05) is 12.1 Å². The maximum atomic E-state index is 13.2. The van der Waals surface area contributed by atoms with Crippen molar-refractivity contribution in [2.75, 3.05) is 13.2 Å². The molecule has 0 bridgehead atoms. The van der Waals surface area contributed by atoms with E-state index in [2.05, 4.69) is 0 Å². The highest BCUT2D eigenvalue weighted by atomic mass is 16.5. The third-order valence-electron chi connectivity index (χ3n) is 5.63. The van der Waals surface area contributed by atoms with Crippen molar-refractivity contribution < 1.29 is 28.6 Å². The Morgan fingerprint density at radius 2 is 1.80 bits per heavy atom. The third kappa shape index (κ3) is 5.24. The summed E-state index contributed by atoms with van der Waals surface area (Å²) in [5.41, 5.74) is 1.19. The van der Waals surface area contributed by atoms with E-state index in [4.69, 9.17) is 13.9 Å². The molecule has 2 aromatic carbocycles. The average Bonchev–Trinajstić information content (AvgIpc) is 3.47. The Labute approximate surface area is 204 Å². The number of aliphatic hydroxyl groups excluding tert-OH is 1. The molecule has 1 aromatic heterocycles. The quantitative estimate of drug-likeness (QED) is 0.255. The van der Waals surface area contributed by atoms with Gasteiger partial charge in [0.05, 0.1) is 25.1 Å². The van der Waals surface area contributed by atoms with E-state index in [0.29, 0.717) is 36.2 Å². The highest BCUT2D eigenvalue weighted by Crippen LogP contribution is 2.40. The predicted octanol–water partition coefficient (Wildman–Crippen LogP) is 5.34. The molecule has 0 aliphatic carbocycles. The van der Waals surface area contributed by atoms with Crippen LogP contribution in [0.15, 0.2) is 76.9 Å². The molecule has 1 aliphatic rings. The van der Waals surface area contributed by atoms with Gasteiger partial charge in [-0.15, -0.1) is 0 Å². The number of nitrogens with zero attached hydrogens (tertiary/aromatic N) is 1. The molecule has 1 N–H and O–H groups in total. The minimum absolute atomic E-state index is 0.0168. The number of carbonyl (C=O) groups excluding carboxylic acids is 2. The van der Waals surface area contributed by atoms with E-state index < -0.39 is 17.7 Å². The van der Waals surface area contributed by atoms with Crippen molar-refractivity contribution in [3.05, 3.63) is 89.4 Å². The molecule has 182 valence electrons. The van der Waals surface area contributed by atoms with Gasteiger partial charge in [-0.3, -0.25) is 9.59 Å². The van der Waals surface area contributed by atoms with E-state index in [1.54, 1.807) is 36.4 Å². The fourth-order valence-corrected chi connectivity index (χ4v) is 3.99. The van der Waals surface area contributed by atoms with Gasteiger partial charge >= 0.3 is 0 Å². The summed E-state index contributed by atoms with van der Waals surface area (Å²) in [6.45, 7) is 7.22. The van der Waals surface area contributed by atoms with E-state index in [9.17, 15) is 14.7 Å². The van der Waals surface area contributed by atoms with Crippen molar-refractivity contribution in [2.24, 2.45) is 5.92 Å². The zero-order chi connectivity index (χ0) is 24.9. The topological polar surface area (TPSA) is 89.2 Å². The monoisotopic (exact) mass is 475 g/mol. The summed E-state index contributed by atoms with van der Waals surface area (Å²) >= 11 is 0. The number of hydrogen-bond donors (Lipinski definition) is 1. The van der Waals surface area contributed by atoms with Crippen LogP contribution in [0.3, 0.4) is 0 Å². The number of Topliss-reactive ketones (excluding diaryl/α,β-unsaturated/α-hetero) is 1. The average molecular weight is 476 g/mol.